The minimum absolute atomic E-state index is 0.116. The molecule has 0 N–H and O–H groups in total. The molecule has 0 atom stereocenters. The fourth-order valence-corrected chi connectivity index (χ4v) is 4.71. The molecule has 0 saturated carbocycles. The number of allylic oxidation sites excluding steroid dienone is 2. The molecule has 0 bridgehead atoms. The van der Waals surface area contributed by atoms with Crippen LogP contribution in [0.3, 0.4) is 0 Å². The summed E-state index contributed by atoms with van der Waals surface area (Å²) < 4.78 is 13.0. The molecule has 0 radical (unpaired) electrons. The molecule has 0 aliphatic carbocycles. The molecule has 2 heteroatoms. The van der Waals surface area contributed by atoms with Gasteiger partial charge in [0.25, 0.3) is 0 Å². The van der Waals surface area contributed by atoms with E-state index in [0.717, 1.165) is 17.6 Å². The SMILES string of the molecule is C=C(C)c1ccc(CCCCCCCCCCCCc2ccc(/C=C/C(=O)c3ccc(F)cc3)cc2)cc1. The van der Waals surface area contributed by atoms with Gasteiger partial charge in [0.05, 0.1) is 0 Å². The van der Waals surface area contributed by atoms with E-state index in [1.165, 1.54) is 112 Å². The van der Waals surface area contributed by atoms with Crippen LogP contribution in [-0.4, -0.2) is 5.78 Å². The van der Waals surface area contributed by atoms with E-state index in [4.69, 9.17) is 0 Å². The lowest BCUT2D eigenvalue weighted by Crippen LogP contribution is -1.93. The van der Waals surface area contributed by atoms with Crippen LogP contribution < -0.4 is 0 Å². The third-order valence-corrected chi connectivity index (χ3v) is 7.16. The normalized spacial score (nSPS) is 11.2. The molecule has 0 amide bonds. The number of unbranched alkanes of at least 4 members (excludes halogenated alkanes) is 9. The van der Waals surface area contributed by atoms with Crippen molar-refractivity contribution in [3.05, 3.63) is 119 Å². The number of hydrogen-bond donors (Lipinski definition) is 0. The predicted molar refractivity (Wildman–Crippen MR) is 161 cm³/mol. The minimum atomic E-state index is -0.333. The highest BCUT2D eigenvalue weighted by Crippen LogP contribution is 2.16. The summed E-state index contributed by atoms with van der Waals surface area (Å²) in [6, 6.07) is 22.9. The van der Waals surface area contributed by atoms with Crippen LogP contribution in [0.15, 0.2) is 85.5 Å². The molecule has 0 aliphatic heterocycles. The van der Waals surface area contributed by atoms with E-state index in [1.54, 1.807) is 6.08 Å². The smallest absolute Gasteiger partial charge is 0.185 e. The summed E-state index contributed by atoms with van der Waals surface area (Å²) in [5, 5.41) is 0. The van der Waals surface area contributed by atoms with Crippen molar-refractivity contribution < 1.29 is 9.18 Å². The Morgan fingerprint density at radius 3 is 1.53 bits per heavy atom. The number of aryl methyl sites for hydroxylation is 2. The highest BCUT2D eigenvalue weighted by Gasteiger charge is 2.02. The van der Waals surface area contributed by atoms with Crippen LogP contribution in [0.5, 0.6) is 0 Å². The van der Waals surface area contributed by atoms with Gasteiger partial charge in [0.2, 0.25) is 0 Å². The molecule has 1 nitrogen and oxygen atoms in total. The van der Waals surface area contributed by atoms with Gasteiger partial charge < -0.3 is 0 Å². The second-order valence-electron chi connectivity index (χ2n) is 10.5. The van der Waals surface area contributed by atoms with Crippen molar-refractivity contribution >= 4 is 17.4 Å². The van der Waals surface area contributed by atoms with Gasteiger partial charge in [0.1, 0.15) is 5.82 Å². The van der Waals surface area contributed by atoms with E-state index in [9.17, 15) is 9.18 Å². The minimum Gasteiger partial charge on any atom is -0.289 e. The molecule has 0 spiro atoms. The van der Waals surface area contributed by atoms with Crippen LogP contribution in [0, 0.1) is 5.82 Å². The summed E-state index contributed by atoms with van der Waals surface area (Å²) in [4.78, 5) is 12.2. The summed E-state index contributed by atoms with van der Waals surface area (Å²) in [7, 11) is 0. The zero-order valence-corrected chi connectivity index (χ0v) is 23.1. The number of hydrogen-bond acceptors (Lipinski definition) is 1. The maximum absolute atomic E-state index is 13.0. The third-order valence-electron chi connectivity index (χ3n) is 7.16. The van der Waals surface area contributed by atoms with Gasteiger partial charge in [-0.2, -0.15) is 0 Å². The quantitative estimate of drug-likeness (QED) is 0.100. The van der Waals surface area contributed by atoms with Gasteiger partial charge in [-0.1, -0.05) is 118 Å². The van der Waals surface area contributed by atoms with Crippen LogP contribution in [0.4, 0.5) is 4.39 Å². The second-order valence-corrected chi connectivity index (χ2v) is 10.5. The van der Waals surface area contributed by atoms with Crippen molar-refractivity contribution in [2.24, 2.45) is 0 Å². The van der Waals surface area contributed by atoms with Crippen LogP contribution >= 0.6 is 0 Å². The molecule has 200 valence electrons. The Morgan fingerprint density at radius 1 is 0.632 bits per heavy atom. The fourth-order valence-electron chi connectivity index (χ4n) is 4.71. The number of carbonyl (C=O) groups is 1. The fraction of sp³-hybridized carbons (Fsp3) is 0.361. The zero-order chi connectivity index (χ0) is 27.0. The molecule has 0 aromatic heterocycles. The Morgan fingerprint density at radius 2 is 1.05 bits per heavy atom. The molecular formula is C36H43FO. The number of ketones is 1. The van der Waals surface area contributed by atoms with Crippen LogP contribution in [0.1, 0.15) is 104 Å². The molecule has 3 aromatic carbocycles. The number of rotatable bonds is 17. The largest absolute Gasteiger partial charge is 0.289 e. The van der Waals surface area contributed by atoms with Crippen molar-refractivity contribution in [2.75, 3.05) is 0 Å². The average Bonchev–Trinajstić information content (AvgIpc) is 2.93. The summed E-state index contributed by atoms with van der Waals surface area (Å²) >= 11 is 0. The summed E-state index contributed by atoms with van der Waals surface area (Å²) in [5.41, 5.74) is 6.66. The Labute approximate surface area is 229 Å². The van der Waals surface area contributed by atoms with E-state index in [0.29, 0.717) is 5.56 Å². The first-order valence-electron chi connectivity index (χ1n) is 14.3. The summed E-state index contributed by atoms with van der Waals surface area (Å²) in [5.74, 6) is -0.449. The Balaban J connectivity index is 1.17. The maximum atomic E-state index is 13.0. The van der Waals surface area contributed by atoms with Crippen LogP contribution in [-0.2, 0) is 12.8 Å². The van der Waals surface area contributed by atoms with Crippen molar-refractivity contribution in [1.82, 2.24) is 0 Å². The van der Waals surface area contributed by atoms with E-state index < -0.39 is 0 Å². The maximum Gasteiger partial charge on any atom is 0.185 e. The molecular weight excluding hydrogens is 467 g/mol. The third kappa shape index (κ3) is 11.0. The second kappa shape index (κ2) is 16.6. The molecule has 0 unspecified atom stereocenters. The van der Waals surface area contributed by atoms with E-state index >= 15 is 0 Å². The highest BCUT2D eigenvalue weighted by molar-refractivity contribution is 6.06. The lowest BCUT2D eigenvalue weighted by molar-refractivity contribution is 0.104. The number of benzene rings is 3. The van der Waals surface area contributed by atoms with Crippen LogP contribution in [0.25, 0.3) is 11.6 Å². The van der Waals surface area contributed by atoms with Gasteiger partial charge in [-0.05, 0) is 85.2 Å². The van der Waals surface area contributed by atoms with E-state index in [1.807, 2.05) is 6.08 Å². The standard InChI is InChI=1S/C36H43FO/c1-29(2)33-22-19-31(20-23-33)14-12-10-8-6-4-3-5-7-9-11-13-30-15-17-32(18-16-30)21-28-36(38)34-24-26-35(37)27-25-34/h15-28H,1,3-14H2,2H3/b28-21+. The van der Waals surface area contributed by atoms with Gasteiger partial charge in [0, 0.05) is 5.56 Å². The first-order chi connectivity index (χ1) is 18.5. The topological polar surface area (TPSA) is 17.1 Å². The van der Waals surface area contributed by atoms with Crippen molar-refractivity contribution in [1.29, 1.82) is 0 Å². The van der Waals surface area contributed by atoms with Gasteiger partial charge in [-0.25, -0.2) is 4.39 Å². The van der Waals surface area contributed by atoms with Crippen LogP contribution in [0.2, 0.25) is 0 Å². The summed E-state index contributed by atoms with van der Waals surface area (Å²) in [6.45, 7) is 6.06. The van der Waals surface area contributed by atoms with Crippen molar-refractivity contribution in [2.45, 2.75) is 84.0 Å². The molecule has 0 aliphatic rings. The Bertz CT molecular complexity index is 1140. The predicted octanol–water partition coefficient (Wildman–Crippen LogP) is 10.4. The lowest BCUT2D eigenvalue weighted by atomic mass is 10.0. The Kier molecular flexibility index (Phi) is 12.8. The number of halogens is 1. The highest BCUT2D eigenvalue weighted by atomic mass is 19.1. The molecule has 3 rings (SSSR count). The molecule has 0 heterocycles. The van der Waals surface area contributed by atoms with E-state index in [2.05, 4.69) is 62.0 Å². The molecule has 0 fully saturated rings. The van der Waals surface area contributed by atoms with Gasteiger partial charge in [-0.15, -0.1) is 0 Å². The summed E-state index contributed by atoms with van der Waals surface area (Å²) in [6.07, 6.45) is 18.9. The zero-order valence-electron chi connectivity index (χ0n) is 23.1. The lowest BCUT2D eigenvalue weighted by Gasteiger charge is -2.05. The number of carbonyl (C=O) groups excluding carboxylic acids is 1. The molecule has 38 heavy (non-hydrogen) atoms. The average molecular weight is 511 g/mol. The first-order valence-corrected chi connectivity index (χ1v) is 14.3. The first kappa shape index (κ1) is 29.3. The Hall–Kier alpha value is -3.26. The monoisotopic (exact) mass is 510 g/mol. The molecule has 0 saturated heterocycles. The van der Waals surface area contributed by atoms with Crippen molar-refractivity contribution in [3.8, 4) is 0 Å². The van der Waals surface area contributed by atoms with Gasteiger partial charge in [-0.3, -0.25) is 4.79 Å². The van der Waals surface area contributed by atoms with Gasteiger partial charge in [0.15, 0.2) is 5.78 Å². The van der Waals surface area contributed by atoms with E-state index in [-0.39, 0.29) is 11.6 Å². The van der Waals surface area contributed by atoms with Crippen molar-refractivity contribution in [3.63, 3.8) is 0 Å². The van der Waals surface area contributed by atoms with Gasteiger partial charge >= 0.3 is 0 Å². The molecule has 3 aromatic rings.